The number of alkyl halides is 3. The van der Waals surface area contributed by atoms with E-state index in [0.717, 1.165) is 6.42 Å². The van der Waals surface area contributed by atoms with Gasteiger partial charge in [0.15, 0.2) is 0 Å². The van der Waals surface area contributed by atoms with E-state index in [1.54, 1.807) is 0 Å². The summed E-state index contributed by atoms with van der Waals surface area (Å²) >= 11 is 32.4. The molecule has 2 saturated carbocycles. The molecule has 0 radical (unpaired) electrons. The summed E-state index contributed by atoms with van der Waals surface area (Å²) in [5, 5.41) is 0.796. The summed E-state index contributed by atoms with van der Waals surface area (Å²) in [5.41, 5.74) is 0. The number of fused-ring (bicyclic) bond motifs is 12. The molecule has 4 bridgehead atoms. The fourth-order valence-electron chi connectivity index (χ4n) is 4.85. The molecular formula is C11H8Cl5NO. The summed E-state index contributed by atoms with van der Waals surface area (Å²) in [7, 11) is 0. The Morgan fingerprint density at radius 2 is 1.78 bits per heavy atom. The van der Waals surface area contributed by atoms with Crippen molar-refractivity contribution in [3.63, 3.8) is 0 Å². The van der Waals surface area contributed by atoms with Gasteiger partial charge in [0.2, 0.25) is 4.46 Å². The first-order valence-corrected chi connectivity index (χ1v) is 7.87. The second kappa shape index (κ2) is 2.93. The maximum Gasteiger partial charge on any atom is 0.216 e. The van der Waals surface area contributed by atoms with Gasteiger partial charge in [-0.05, 0) is 12.3 Å². The lowest BCUT2D eigenvalue weighted by Crippen LogP contribution is -2.45. The van der Waals surface area contributed by atoms with Crippen molar-refractivity contribution in [1.29, 1.82) is 0 Å². The molecule has 5 rings (SSSR count). The third kappa shape index (κ3) is 0.881. The molecule has 4 fully saturated rings. The van der Waals surface area contributed by atoms with Gasteiger partial charge in [0, 0.05) is 17.9 Å². The second-order valence-corrected chi connectivity index (χ2v) is 8.49. The zero-order chi connectivity index (χ0) is 12.6. The number of epoxide rings is 1. The van der Waals surface area contributed by atoms with Crippen LogP contribution in [0.2, 0.25) is 0 Å². The maximum atomic E-state index is 6.78. The summed E-state index contributed by atoms with van der Waals surface area (Å²) in [6, 6.07) is 0.168. The molecule has 7 atom stereocenters. The molecule has 0 unspecified atom stereocenters. The summed E-state index contributed by atoms with van der Waals surface area (Å²) in [6.45, 7) is 0. The Morgan fingerprint density at radius 3 is 2.50 bits per heavy atom. The third-order valence-corrected chi connectivity index (χ3v) is 8.34. The van der Waals surface area contributed by atoms with Gasteiger partial charge >= 0.3 is 0 Å². The first-order valence-electron chi connectivity index (χ1n) is 5.98. The number of hydrogen-bond donors (Lipinski definition) is 0. The number of rotatable bonds is 0. The van der Waals surface area contributed by atoms with Crippen molar-refractivity contribution in [2.24, 2.45) is 17.8 Å². The van der Waals surface area contributed by atoms with Crippen molar-refractivity contribution in [2.75, 3.05) is 0 Å². The van der Waals surface area contributed by atoms with Crippen molar-refractivity contribution in [3.05, 3.63) is 10.2 Å². The van der Waals surface area contributed by atoms with Gasteiger partial charge in [-0.1, -0.05) is 46.4 Å². The molecule has 2 nitrogen and oxygen atoms in total. The number of hydrogen-bond acceptors (Lipinski definition) is 2. The van der Waals surface area contributed by atoms with Crippen LogP contribution in [-0.2, 0) is 4.74 Å². The zero-order valence-electron chi connectivity index (χ0n) is 8.92. The molecular weight excluding hydrogens is 339 g/mol. The molecule has 3 heterocycles. The van der Waals surface area contributed by atoms with E-state index in [9.17, 15) is 0 Å². The van der Waals surface area contributed by atoms with E-state index in [4.69, 9.17) is 62.7 Å². The molecule has 0 aromatic heterocycles. The summed E-state index contributed by atoms with van der Waals surface area (Å²) in [4.78, 5) is 0.829. The monoisotopic (exact) mass is 345 g/mol. The van der Waals surface area contributed by atoms with Gasteiger partial charge in [-0.2, -0.15) is 0 Å². The Kier molecular flexibility index (Phi) is 1.89. The van der Waals surface area contributed by atoms with E-state index in [2.05, 4.69) is 0 Å². The van der Waals surface area contributed by atoms with Crippen LogP contribution in [0.25, 0.3) is 0 Å². The predicted octanol–water partition coefficient (Wildman–Crippen LogP) is 3.47. The molecule has 0 N–H and O–H groups in total. The highest BCUT2D eigenvalue weighted by Crippen LogP contribution is 2.76. The largest absolute Gasteiger partial charge is 0.369 e. The molecule has 98 valence electrons. The smallest absolute Gasteiger partial charge is 0.216 e. The minimum atomic E-state index is -1.24. The SMILES string of the molecule is ClC1=C(Cl)[C@@]2(Cl)[C@H]3[C@H]4C[C@H]([C@@H]5O[C@H]45)[C@H]3N1C2(Cl)Cl. The molecule has 2 aliphatic carbocycles. The van der Waals surface area contributed by atoms with Crippen molar-refractivity contribution < 1.29 is 4.74 Å². The Morgan fingerprint density at radius 1 is 1.11 bits per heavy atom. The maximum absolute atomic E-state index is 6.78. The minimum Gasteiger partial charge on any atom is -0.369 e. The fourth-order valence-corrected chi connectivity index (χ4v) is 7.13. The lowest BCUT2D eigenvalue weighted by molar-refractivity contribution is 0.195. The van der Waals surface area contributed by atoms with E-state index in [-0.39, 0.29) is 12.0 Å². The van der Waals surface area contributed by atoms with Crippen LogP contribution in [0.3, 0.4) is 0 Å². The lowest BCUT2D eigenvalue weighted by Gasteiger charge is -2.35. The first-order chi connectivity index (χ1) is 8.40. The van der Waals surface area contributed by atoms with Crippen molar-refractivity contribution in [1.82, 2.24) is 4.90 Å². The Hall–Kier alpha value is 0.950. The van der Waals surface area contributed by atoms with E-state index >= 15 is 0 Å². The number of nitrogens with zero attached hydrogens (tertiary/aromatic N) is 1. The third-order valence-electron chi connectivity index (χ3n) is 5.43. The van der Waals surface area contributed by atoms with Crippen LogP contribution in [0, 0.1) is 17.8 Å². The molecule has 7 heteroatoms. The van der Waals surface area contributed by atoms with Gasteiger partial charge in [0.25, 0.3) is 0 Å². The average Bonchev–Trinajstić information content (AvgIpc) is 2.83. The molecule has 0 amide bonds. The fraction of sp³-hybridized carbons (Fsp3) is 0.818. The van der Waals surface area contributed by atoms with Crippen LogP contribution in [0.4, 0.5) is 0 Å². The highest BCUT2D eigenvalue weighted by molar-refractivity contribution is 6.59. The van der Waals surface area contributed by atoms with E-state index in [1.165, 1.54) is 0 Å². The number of halogens is 5. The van der Waals surface area contributed by atoms with Crippen molar-refractivity contribution in [2.45, 2.75) is 34.0 Å². The summed E-state index contributed by atoms with van der Waals surface area (Å²) in [5.74, 6) is 0.974. The van der Waals surface area contributed by atoms with Crippen LogP contribution in [0.5, 0.6) is 0 Å². The van der Waals surface area contributed by atoms with Crippen molar-refractivity contribution in [3.8, 4) is 0 Å². The Labute approximate surface area is 129 Å². The highest BCUT2D eigenvalue weighted by Gasteiger charge is 2.83. The van der Waals surface area contributed by atoms with Gasteiger partial charge in [0.05, 0.1) is 17.2 Å². The normalized spacial score (nSPS) is 61.5. The first kappa shape index (κ1) is 11.6. The Bertz CT molecular complexity index is 522. The van der Waals surface area contributed by atoms with E-state index < -0.39 is 9.33 Å². The molecule has 0 spiro atoms. The van der Waals surface area contributed by atoms with Gasteiger partial charge in [0.1, 0.15) is 10.0 Å². The molecule has 2 saturated heterocycles. The summed E-state index contributed by atoms with van der Waals surface area (Å²) in [6.07, 6.45) is 1.80. The van der Waals surface area contributed by atoms with Crippen LogP contribution in [0.15, 0.2) is 10.2 Å². The summed E-state index contributed by atoms with van der Waals surface area (Å²) < 4.78 is 4.46. The lowest BCUT2D eigenvalue weighted by atomic mass is 9.77. The quantitative estimate of drug-likeness (QED) is 0.379. The van der Waals surface area contributed by atoms with Crippen LogP contribution >= 0.6 is 58.0 Å². The second-order valence-electron chi connectivity index (χ2n) is 5.87. The topological polar surface area (TPSA) is 15.8 Å². The van der Waals surface area contributed by atoms with Gasteiger partial charge < -0.3 is 9.64 Å². The van der Waals surface area contributed by atoms with Gasteiger partial charge in [-0.15, -0.1) is 11.6 Å². The Balaban J connectivity index is 1.75. The molecule has 3 aliphatic heterocycles. The average molecular weight is 347 g/mol. The molecule has 5 aliphatic rings. The standard InChI is InChI=1S/C11H8Cl5NO/c12-8-9(13)17-5-3-1-2(6-7(3)18-6)4(5)10(8,14)11(17,15)16/h2-7H,1H2/t2-,3+,4+,5-,6-,7+,10+/m1/s1. The molecule has 18 heavy (non-hydrogen) atoms. The van der Waals surface area contributed by atoms with Gasteiger partial charge in [-0.25, -0.2) is 0 Å². The predicted molar refractivity (Wildman–Crippen MR) is 71.1 cm³/mol. The molecule has 0 aromatic rings. The van der Waals surface area contributed by atoms with Crippen LogP contribution in [0.1, 0.15) is 6.42 Å². The highest BCUT2D eigenvalue weighted by atomic mass is 35.5. The van der Waals surface area contributed by atoms with Crippen molar-refractivity contribution >= 4 is 58.0 Å². The van der Waals surface area contributed by atoms with E-state index in [0.29, 0.717) is 34.2 Å². The minimum absolute atomic E-state index is 0.137. The number of ether oxygens (including phenoxy) is 1. The van der Waals surface area contributed by atoms with Crippen LogP contribution in [-0.4, -0.2) is 32.5 Å². The van der Waals surface area contributed by atoms with Crippen LogP contribution < -0.4 is 0 Å². The van der Waals surface area contributed by atoms with E-state index in [1.807, 2.05) is 4.90 Å². The van der Waals surface area contributed by atoms with Gasteiger partial charge in [-0.3, -0.25) is 0 Å². The zero-order valence-corrected chi connectivity index (χ0v) is 12.7. The molecule has 0 aromatic carbocycles.